The van der Waals surface area contributed by atoms with Gasteiger partial charge in [0.1, 0.15) is 0 Å². The number of hydrogen-bond donors (Lipinski definition) is 1. The molecule has 106 valence electrons. The molecule has 0 aliphatic heterocycles. The number of likely N-dealkylation sites (N-methyl/N-ethyl adjacent to an activating group) is 1. The van der Waals surface area contributed by atoms with Crippen molar-refractivity contribution in [3.05, 3.63) is 29.8 Å². The predicted molar refractivity (Wildman–Crippen MR) is 81.4 cm³/mol. The SMILES string of the molecule is CCC(C)C(N)C(=O)N(C)c1ccc(C(C)C)cc1. The average molecular weight is 262 g/mol. The van der Waals surface area contributed by atoms with Crippen molar-refractivity contribution in [2.75, 3.05) is 11.9 Å². The fraction of sp³-hybridized carbons (Fsp3) is 0.562. The van der Waals surface area contributed by atoms with E-state index in [-0.39, 0.29) is 11.8 Å². The van der Waals surface area contributed by atoms with Crippen LogP contribution in [0, 0.1) is 5.92 Å². The molecule has 1 amide bonds. The van der Waals surface area contributed by atoms with E-state index in [9.17, 15) is 4.79 Å². The molecule has 2 N–H and O–H groups in total. The van der Waals surface area contributed by atoms with Gasteiger partial charge < -0.3 is 10.6 Å². The summed E-state index contributed by atoms with van der Waals surface area (Å²) in [6.45, 7) is 8.37. The van der Waals surface area contributed by atoms with Gasteiger partial charge in [0.15, 0.2) is 0 Å². The summed E-state index contributed by atoms with van der Waals surface area (Å²) in [4.78, 5) is 13.9. The lowest BCUT2D eigenvalue weighted by Crippen LogP contribution is -2.45. The monoisotopic (exact) mass is 262 g/mol. The zero-order valence-corrected chi connectivity index (χ0v) is 12.7. The van der Waals surface area contributed by atoms with Crippen molar-refractivity contribution >= 4 is 11.6 Å². The van der Waals surface area contributed by atoms with Crippen LogP contribution in [-0.2, 0) is 4.79 Å². The Kier molecular flexibility index (Phi) is 5.55. The molecule has 1 aromatic carbocycles. The zero-order chi connectivity index (χ0) is 14.6. The van der Waals surface area contributed by atoms with Crippen LogP contribution in [0.4, 0.5) is 5.69 Å². The second kappa shape index (κ2) is 6.71. The normalized spacial score (nSPS) is 14.3. The van der Waals surface area contributed by atoms with Gasteiger partial charge in [-0.25, -0.2) is 0 Å². The van der Waals surface area contributed by atoms with E-state index in [1.54, 1.807) is 11.9 Å². The number of hydrogen-bond acceptors (Lipinski definition) is 2. The summed E-state index contributed by atoms with van der Waals surface area (Å²) in [7, 11) is 1.79. The highest BCUT2D eigenvalue weighted by atomic mass is 16.2. The quantitative estimate of drug-likeness (QED) is 0.886. The molecule has 0 saturated heterocycles. The number of rotatable bonds is 5. The minimum absolute atomic E-state index is 0.0216. The van der Waals surface area contributed by atoms with E-state index in [1.165, 1.54) is 5.56 Å². The Labute approximate surface area is 116 Å². The van der Waals surface area contributed by atoms with Crippen molar-refractivity contribution in [3.8, 4) is 0 Å². The minimum Gasteiger partial charge on any atom is -0.320 e. The molecule has 3 heteroatoms. The van der Waals surface area contributed by atoms with E-state index in [0.717, 1.165) is 12.1 Å². The molecule has 2 atom stereocenters. The topological polar surface area (TPSA) is 46.3 Å². The maximum Gasteiger partial charge on any atom is 0.243 e. The number of amides is 1. The first-order valence-corrected chi connectivity index (χ1v) is 7.01. The number of carbonyl (C=O) groups is 1. The van der Waals surface area contributed by atoms with Crippen LogP contribution in [0.5, 0.6) is 0 Å². The van der Waals surface area contributed by atoms with Crippen molar-refractivity contribution in [1.29, 1.82) is 0 Å². The van der Waals surface area contributed by atoms with Gasteiger partial charge in [-0.05, 0) is 29.5 Å². The van der Waals surface area contributed by atoms with E-state index in [4.69, 9.17) is 5.73 Å². The highest BCUT2D eigenvalue weighted by Gasteiger charge is 2.23. The number of anilines is 1. The van der Waals surface area contributed by atoms with Crippen LogP contribution in [0.25, 0.3) is 0 Å². The van der Waals surface area contributed by atoms with Crippen molar-refractivity contribution in [2.45, 2.75) is 46.1 Å². The minimum atomic E-state index is -0.431. The maximum absolute atomic E-state index is 12.3. The maximum atomic E-state index is 12.3. The molecular formula is C16H26N2O. The lowest BCUT2D eigenvalue weighted by molar-refractivity contribution is -0.120. The molecule has 1 rings (SSSR count). The van der Waals surface area contributed by atoms with Crippen LogP contribution in [0.2, 0.25) is 0 Å². The Morgan fingerprint density at radius 2 is 1.74 bits per heavy atom. The first kappa shape index (κ1) is 15.7. The van der Waals surface area contributed by atoms with E-state index in [2.05, 4.69) is 32.9 Å². The van der Waals surface area contributed by atoms with Gasteiger partial charge in [0.2, 0.25) is 5.91 Å². The molecule has 3 nitrogen and oxygen atoms in total. The fourth-order valence-corrected chi connectivity index (χ4v) is 1.93. The summed E-state index contributed by atoms with van der Waals surface area (Å²) in [5, 5.41) is 0. The Hall–Kier alpha value is -1.35. The second-order valence-corrected chi connectivity index (χ2v) is 5.55. The molecule has 0 aliphatic rings. The number of nitrogens with zero attached hydrogens (tertiary/aromatic N) is 1. The van der Waals surface area contributed by atoms with Gasteiger partial charge in [-0.15, -0.1) is 0 Å². The predicted octanol–water partition coefficient (Wildman–Crippen LogP) is 3.15. The van der Waals surface area contributed by atoms with Crippen LogP contribution in [0.3, 0.4) is 0 Å². The first-order valence-electron chi connectivity index (χ1n) is 7.01. The molecule has 19 heavy (non-hydrogen) atoms. The summed E-state index contributed by atoms with van der Waals surface area (Å²) in [6.07, 6.45) is 0.910. The van der Waals surface area contributed by atoms with Gasteiger partial charge in [0.25, 0.3) is 0 Å². The zero-order valence-electron chi connectivity index (χ0n) is 12.7. The third-order valence-corrected chi connectivity index (χ3v) is 3.82. The Morgan fingerprint density at radius 1 is 1.21 bits per heavy atom. The summed E-state index contributed by atoms with van der Waals surface area (Å²) in [5.41, 5.74) is 8.17. The molecule has 2 unspecified atom stereocenters. The van der Waals surface area contributed by atoms with Gasteiger partial charge >= 0.3 is 0 Å². The number of benzene rings is 1. The third kappa shape index (κ3) is 3.80. The summed E-state index contributed by atoms with van der Waals surface area (Å²) in [6, 6.07) is 7.67. The molecule has 0 fully saturated rings. The van der Waals surface area contributed by atoms with E-state index in [0.29, 0.717) is 5.92 Å². The molecule has 1 aromatic rings. The lowest BCUT2D eigenvalue weighted by Gasteiger charge is -2.25. The van der Waals surface area contributed by atoms with Crippen LogP contribution >= 0.6 is 0 Å². The molecule has 0 aromatic heterocycles. The molecular weight excluding hydrogens is 236 g/mol. The van der Waals surface area contributed by atoms with E-state index < -0.39 is 6.04 Å². The fourth-order valence-electron chi connectivity index (χ4n) is 1.93. The molecule has 0 radical (unpaired) electrons. The second-order valence-electron chi connectivity index (χ2n) is 5.55. The van der Waals surface area contributed by atoms with Gasteiger partial charge in [-0.1, -0.05) is 46.2 Å². The number of carbonyl (C=O) groups excluding carboxylic acids is 1. The summed E-state index contributed by atoms with van der Waals surface area (Å²) in [5.74, 6) is 0.675. The summed E-state index contributed by atoms with van der Waals surface area (Å²) >= 11 is 0. The molecule has 0 spiro atoms. The van der Waals surface area contributed by atoms with Crippen LogP contribution < -0.4 is 10.6 Å². The van der Waals surface area contributed by atoms with Gasteiger partial charge in [-0.2, -0.15) is 0 Å². The Balaban J connectivity index is 2.82. The standard InChI is InChI=1S/C16H26N2O/c1-6-12(4)15(17)16(19)18(5)14-9-7-13(8-10-14)11(2)3/h7-12,15H,6,17H2,1-5H3. The van der Waals surface area contributed by atoms with Crippen molar-refractivity contribution in [2.24, 2.45) is 11.7 Å². The van der Waals surface area contributed by atoms with E-state index >= 15 is 0 Å². The lowest BCUT2D eigenvalue weighted by atomic mass is 9.98. The highest BCUT2D eigenvalue weighted by Crippen LogP contribution is 2.20. The van der Waals surface area contributed by atoms with Gasteiger partial charge in [0, 0.05) is 12.7 Å². The smallest absolute Gasteiger partial charge is 0.243 e. The molecule has 0 heterocycles. The average Bonchev–Trinajstić information content (AvgIpc) is 2.44. The van der Waals surface area contributed by atoms with Crippen molar-refractivity contribution in [1.82, 2.24) is 0 Å². The molecule has 0 saturated carbocycles. The van der Waals surface area contributed by atoms with Crippen LogP contribution in [0.15, 0.2) is 24.3 Å². The summed E-state index contributed by atoms with van der Waals surface area (Å²) < 4.78 is 0. The third-order valence-electron chi connectivity index (χ3n) is 3.82. The van der Waals surface area contributed by atoms with E-state index in [1.807, 2.05) is 19.1 Å². The van der Waals surface area contributed by atoms with Crippen LogP contribution in [0.1, 0.15) is 45.6 Å². The largest absolute Gasteiger partial charge is 0.320 e. The van der Waals surface area contributed by atoms with Gasteiger partial charge in [-0.3, -0.25) is 4.79 Å². The molecule has 0 aliphatic carbocycles. The Bertz CT molecular complexity index is 411. The molecule has 0 bridgehead atoms. The number of nitrogens with two attached hydrogens (primary N) is 1. The highest BCUT2D eigenvalue weighted by molar-refractivity contribution is 5.96. The van der Waals surface area contributed by atoms with Gasteiger partial charge in [0.05, 0.1) is 6.04 Å². The van der Waals surface area contributed by atoms with Crippen molar-refractivity contribution < 1.29 is 4.79 Å². The van der Waals surface area contributed by atoms with Crippen molar-refractivity contribution in [3.63, 3.8) is 0 Å². The first-order chi connectivity index (χ1) is 8.88. The van der Waals surface area contributed by atoms with Crippen LogP contribution in [-0.4, -0.2) is 19.0 Å². The Morgan fingerprint density at radius 3 is 2.16 bits per heavy atom.